The standard InChI is InChI=1S/C15H21ClN2O2/c1-9(2)20-14-5-4-11(6-13(14)16)18-15(19)12-8-17-7-10(12)3/h4-6,9-10,12,17H,7-8H2,1-3H3,(H,18,19)/t10-,12-/m1/s1. The number of carbonyl (C=O) groups excluding carboxylic acids is 1. The van der Waals surface area contributed by atoms with Gasteiger partial charge in [-0.3, -0.25) is 4.79 Å². The van der Waals surface area contributed by atoms with Gasteiger partial charge in [-0.25, -0.2) is 0 Å². The lowest BCUT2D eigenvalue weighted by Gasteiger charge is -2.16. The lowest BCUT2D eigenvalue weighted by molar-refractivity contribution is -0.120. The Morgan fingerprint density at radius 2 is 2.20 bits per heavy atom. The second-order valence-electron chi connectivity index (χ2n) is 5.54. The number of hydrogen-bond acceptors (Lipinski definition) is 3. The lowest BCUT2D eigenvalue weighted by Crippen LogP contribution is -2.27. The number of benzene rings is 1. The van der Waals surface area contributed by atoms with E-state index in [0.29, 0.717) is 22.4 Å². The maximum absolute atomic E-state index is 12.2. The van der Waals surface area contributed by atoms with Crippen LogP contribution in [0.15, 0.2) is 18.2 Å². The molecule has 1 heterocycles. The molecule has 1 aliphatic rings. The van der Waals surface area contributed by atoms with Crippen LogP contribution in [0.25, 0.3) is 0 Å². The van der Waals surface area contributed by atoms with E-state index in [9.17, 15) is 4.79 Å². The van der Waals surface area contributed by atoms with Gasteiger partial charge in [0.15, 0.2) is 0 Å². The van der Waals surface area contributed by atoms with E-state index >= 15 is 0 Å². The van der Waals surface area contributed by atoms with Crippen molar-refractivity contribution >= 4 is 23.2 Å². The predicted molar refractivity (Wildman–Crippen MR) is 81.4 cm³/mol. The first-order valence-corrected chi connectivity index (χ1v) is 7.33. The molecule has 1 fully saturated rings. The van der Waals surface area contributed by atoms with Crippen molar-refractivity contribution in [3.63, 3.8) is 0 Å². The third-order valence-corrected chi connectivity index (χ3v) is 3.71. The number of hydrogen-bond donors (Lipinski definition) is 2. The minimum Gasteiger partial charge on any atom is -0.489 e. The van der Waals surface area contributed by atoms with Crippen LogP contribution in [0.4, 0.5) is 5.69 Å². The molecule has 0 bridgehead atoms. The summed E-state index contributed by atoms with van der Waals surface area (Å²) in [7, 11) is 0. The van der Waals surface area contributed by atoms with Crippen molar-refractivity contribution in [2.45, 2.75) is 26.9 Å². The van der Waals surface area contributed by atoms with Gasteiger partial charge < -0.3 is 15.4 Å². The molecule has 0 aromatic heterocycles. The summed E-state index contributed by atoms with van der Waals surface area (Å²) in [5.41, 5.74) is 0.704. The average Bonchev–Trinajstić information content (AvgIpc) is 2.78. The largest absolute Gasteiger partial charge is 0.489 e. The summed E-state index contributed by atoms with van der Waals surface area (Å²) >= 11 is 6.16. The number of halogens is 1. The van der Waals surface area contributed by atoms with E-state index in [-0.39, 0.29) is 17.9 Å². The molecule has 0 unspecified atom stereocenters. The van der Waals surface area contributed by atoms with Crippen LogP contribution >= 0.6 is 11.6 Å². The highest BCUT2D eigenvalue weighted by Gasteiger charge is 2.29. The third-order valence-electron chi connectivity index (χ3n) is 3.42. The van der Waals surface area contributed by atoms with Gasteiger partial charge in [0.05, 0.1) is 17.0 Å². The Kier molecular flexibility index (Phi) is 4.89. The van der Waals surface area contributed by atoms with E-state index < -0.39 is 0 Å². The van der Waals surface area contributed by atoms with Gasteiger partial charge in [0.2, 0.25) is 5.91 Å². The third kappa shape index (κ3) is 3.64. The van der Waals surface area contributed by atoms with Crippen LogP contribution in [0.3, 0.4) is 0 Å². The fourth-order valence-corrected chi connectivity index (χ4v) is 2.55. The summed E-state index contributed by atoms with van der Waals surface area (Å²) in [6.07, 6.45) is 0.0679. The summed E-state index contributed by atoms with van der Waals surface area (Å²) in [4.78, 5) is 12.2. The first-order valence-electron chi connectivity index (χ1n) is 6.95. The summed E-state index contributed by atoms with van der Waals surface area (Å²) in [6.45, 7) is 7.59. The van der Waals surface area contributed by atoms with Crippen LogP contribution in [0.1, 0.15) is 20.8 Å². The van der Waals surface area contributed by atoms with Gasteiger partial charge in [-0.2, -0.15) is 0 Å². The van der Waals surface area contributed by atoms with Gasteiger partial charge in [0.1, 0.15) is 5.75 Å². The van der Waals surface area contributed by atoms with Crippen molar-refractivity contribution in [1.82, 2.24) is 5.32 Å². The molecule has 1 saturated heterocycles. The van der Waals surface area contributed by atoms with Crippen molar-refractivity contribution in [2.75, 3.05) is 18.4 Å². The molecule has 2 rings (SSSR count). The number of nitrogens with one attached hydrogen (secondary N) is 2. The van der Waals surface area contributed by atoms with E-state index in [1.54, 1.807) is 12.1 Å². The molecular weight excluding hydrogens is 276 g/mol. The smallest absolute Gasteiger partial charge is 0.229 e. The molecule has 0 aliphatic carbocycles. The Bertz CT molecular complexity index is 491. The quantitative estimate of drug-likeness (QED) is 0.898. The Balaban J connectivity index is 2.03. The molecular formula is C15H21ClN2O2. The van der Waals surface area contributed by atoms with Crippen LogP contribution in [0.5, 0.6) is 5.75 Å². The highest BCUT2D eigenvalue weighted by molar-refractivity contribution is 6.32. The fourth-order valence-electron chi connectivity index (χ4n) is 2.32. The number of carbonyl (C=O) groups is 1. The van der Waals surface area contributed by atoms with Crippen LogP contribution in [-0.4, -0.2) is 25.1 Å². The summed E-state index contributed by atoms with van der Waals surface area (Å²) < 4.78 is 5.57. The van der Waals surface area contributed by atoms with Crippen molar-refractivity contribution in [1.29, 1.82) is 0 Å². The molecule has 4 nitrogen and oxygen atoms in total. The van der Waals surface area contributed by atoms with Gasteiger partial charge in [0, 0.05) is 12.2 Å². The van der Waals surface area contributed by atoms with Crippen molar-refractivity contribution in [3.8, 4) is 5.75 Å². The zero-order valence-electron chi connectivity index (χ0n) is 12.1. The number of ether oxygens (including phenoxy) is 1. The second-order valence-corrected chi connectivity index (χ2v) is 5.95. The lowest BCUT2D eigenvalue weighted by atomic mass is 9.97. The molecule has 2 atom stereocenters. The number of anilines is 1. The second kappa shape index (κ2) is 6.46. The van der Waals surface area contributed by atoms with Gasteiger partial charge >= 0.3 is 0 Å². The maximum atomic E-state index is 12.2. The maximum Gasteiger partial charge on any atom is 0.229 e. The summed E-state index contributed by atoms with van der Waals surface area (Å²) in [6, 6.07) is 5.33. The molecule has 0 spiro atoms. The summed E-state index contributed by atoms with van der Waals surface area (Å²) in [5, 5.41) is 6.65. The molecule has 5 heteroatoms. The van der Waals surface area contributed by atoms with Gasteiger partial charge in [-0.1, -0.05) is 18.5 Å². The molecule has 1 aliphatic heterocycles. The van der Waals surface area contributed by atoms with E-state index in [2.05, 4.69) is 17.6 Å². The normalized spacial score (nSPS) is 22.1. The Labute approximate surface area is 124 Å². The summed E-state index contributed by atoms with van der Waals surface area (Å²) in [5.74, 6) is 1.04. The fraction of sp³-hybridized carbons (Fsp3) is 0.533. The molecule has 110 valence electrons. The van der Waals surface area contributed by atoms with E-state index in [4.69, 9.17) is 16.3 Å². The molecule has 1 amide bonds. The predicted octanol–water partition coefficient (Wildman–Crippen LogP) is 2.92. The minimum absolute atomic E-state index is 0.0142. The van der Waals surface area contributed by atoms with Crippen LogP contribution < -0.4 is 15.4 Å². The Morgan fingerprint density at radius 1 is 1.45 bits per heavy atom. The number of amides is 1. The Morgan fingerprint density at radius 3 is 2.75 bits per heavy atom. The first kappa shape index (κ1) is 15.1. The van der Waals surface area contributed by atoms with Crippen molar-refractivity contribution in [3.05, 3.63) is 23.2 Å². The van der Waals surface area contributed by atoms with Crippen LogP contribution in [-0.2, 0) is 4.79 Å². The zero-order chi connectivity index (χ0) is 14.7. The van der Waals surface area contributed by atoms with Crippen LogP contribution in [0.2, 0.25) is 5.02 Å². The average molecular weight is 297 g/mol. The van der Waals surface area contributed by atoms with Crippen molar-refractivity contribution < 1.29 is 9.53 Å². The molecule has 20 heavy (non-hydrogen) atoms. The number of rotatable bonds is 4. The van der Waals surface area contributed by atoms with Crippen molar-refractivity contribution in [2.24, 2.45) is 11.8 Å². The van der Waals surface area contributed by atoms with E-state index in [1.807, 2.05) is 19.9 Å². The monoisotopic (exact) mass is 296 g/mol. The SMILES string of the molecule is CC(C)Oc1ccc(NC(=O)[C@@H]2CNC[C@H]2C)cc1Cl. The zero-order valence-corrected chi connectivity index (χ0v) is 12.8. The molecule has 0 radical (unpaired) electrons. The van der Waals surface area contributed by atoms with Gasteiger partial charge in [-0.15, -0.1) is 0 Å². The Hall–Kier alpha value is -1.26. The van der Waals surface area contributed by atoms with Gasteiger partial charge in [0.25, 0.3) is 0 Å². The highest BCUT2D eigenvalue weighted by atomic mass is 35.5. The molecule has 0 saturated carbocycles. The highest BCUT2D eigenvalue weighted by Crippen LogP contribution is 2.29. The topological polar surface area (TPSA) is 50.4 Å². The van der Waals surface area contributed by atoms with Gasteiger partial charge in [-0.05, 0) is 44.5 Å². The minimum atomic E-state index is 0.0142. The van der Waals surface area contributed by atoms with E-state index in [0.717, 1.165) is 13.1 Å². The van der Waals surface area contributed by atoms with Crippen LogP contribution in [0, 0.1) is 11.8 Å². The first-order chi connectivity index (χ1) is 9.47. The molecule has 1 aromatic rings. The molecule has 2 N–H and O–H groups in total. The van der Waals surface area contributed by atoms with E-state index in [1.165, 1.54) is 0 Å². The molecule has 1 aromatic carbocycles.